The lowest BCUT2D eigenvalue weighted by atomic mass is 10.2. The molecule has 5 nitrogen and oxygen atoms in total. The number of rotatable bonds is 5. The second-order valence-electron chi connectivity index (χ2n) is 5.25. The molecule has 0 saturated carbocycles. The molecule has 1 aromatic heterocycles. The predicted octanol–water partition coefficient (Wildman–Crippen LogP) is 1.90. The van der Waals surface area contributed by atoms with E-state index in [2.05, 4.69) is 34.0 Å². The van der Waals surface area contributed by atoms with Gasteiger partial charge in [-0.3, -0.25) is 9.88 Å². The van der Waals surface area contributed by atoms with E-state index in [1.54, 1.807) is 6.20 Å². The van der Waals surface area contributed by atoms with Crippen LogP contribution in [-0.2, 0) is 4.74 Å². The van der Waals surface area contributed by atoms with Crippen molar-refractivity contribution in [3.63, 3.8) is 0 Å². The van der Waals surface area contributed by atoms with Gasteiger partial charge >= 0.3 is 0 Å². The van der Waals surface area contributed by atoms with Gasteiger partial charge in [0.2, 0.25) is 0 Å². The molecule has 0 unspecified atom stereocenters. The average molecular weight is 285 g/mol. The number of hydrogen-bond donors (Lipinski definition) is 1. The van der Waals surface area contributed by atoms with E-state index >= 15 is 0 Å². The smallest absolute Gasteiger partial charge is 0.149 e. The van der Waals surface area contributed by atoms with Gasteiger partial charge in [0.25, 0.3) is 0 Å². The van der Waals surface area contributed by atoms with Crippen LogP contribution in [0.3, 0.4) is 0 Å². The highest BCUT2D eigenvalue weighted by molar-refractivity contribution is 6.29. The molecule has 0 amide bonds. The van der Waals surface area contributed by atoms with Crippen molar-refractivity contribution < 1.29 is 4.74 Å². The quantitative estimate of drug-likeness (QED) is 0.895. The summed E-state index contributed by atoms with van der Waals surface area (Å²) >= 11 is 5.79. The second-order valence-corrected chi connectivity index (χ2v) is 5.64. The van der Waals surface area contributed by atoms with Gasteiger partial charge in [-0.15, -0.1) is 0 Å². The van der Waals surface area contributed by atoms with Crippen molar-refractivity contribution in [2.45, 2.75) is 20.0 Å². The lowest BCUT2D eigenvalue weighted by molar-refractivity contribution is -0.0244. The maximum atomic E-state index is 5.79. The maximum absolute atomic E-state index is 5.79. The van der Waals surface area contributed by atoms with Crippen molar-refractivity contribution in [3.8, 4) is 0 Å². The molecule has 0 spiro atoms. The molecule has 1 N–H and O–H groups in total. The number of ether oxygens (including phenoxy) is 1. The Bertz CT molecular complexity index is 402. The summed E-state index contributed by atoms with van der Waals surface area (Å²) in [6, 6.07) is 0. The van der Waals surface area contributed by atoms with Gasteiger partial charge in [-0.05, 0) is 5.92 Å². The first kappa shape index (κ1) is 14.5. The summed E-state index contributed by atoms with van der Waals surface area (Å²) in [6.45, 7) is 9.10. The topological polar surface area (TPSA) is 50.3 Å². The number of nitrogens with one attached hydrogen (secondary N) is 1. The van der Waals surface area contributed by atoms with E-state index < -0.39 is 0 Å². The van der Waals surface area contributed by atoms with Crippen LogP contribution in [0.5, 0.6) is 0 Å². The Hall–Kier alpha value is -0.910. The summed E-state index contributed by atoms with van der Waals surface area (Å²) in [5.74, 6) is 1.38. The average Bonchev–Trinajstić information content (AvgIpc) is 2.36. The zero-order chi connectivity index (χ0) is 13.7. The maximum Gasteiger partial charge on any atom is 0.149 e. The minimum atomic E-state index is 0.188. The molecule has 6 heteroatoms. The van der Waals surface area contributed by atoms with E-state index in [-0.39, 0.29) is 6.10 Å². The summed E-state index contributed by atoms with van der Waals surface area (Å²) in [5.41, 5.74) is 0. The van der Waals surface area contributed by atoms with Crippen molar-refractivity contribution >= 4 is 17.4 Å². The van der Waals surface area contributed by atoms with Crippen LogP contribution in [0.4, 0.5) is 5.82 Å². The molecular formula is C13H21ClN4O. The van der Waals surface area contributed by atoms with Gasteiger partial charge in [0.15, 0.2) is 0 Å². The van der Waals surface area contributed by atoms with Crippen LogP contribution in [0.15, 0.2) is 12.4 Å². The Morgan fingerprint density at radius 3 is 3.11 bits per heavy atom. The van der Waals surface area contributed by atoms with Gasteiger partial charge in [-0.25, -0.2) is 4.98 Å². The van der Waals surface area contributed by atoms with Crippen molar-refractivity contribution in [1.29, 1.82) is 0 Å². The highest BCUT2D eigenvalue weighted by atomic mass is 35.5. The summed E-state index contributed by atoms with van der Waals surface area (Å²) in [4.78, 5) is 10.6. The normalized spacial score (nSPS) is 20.7. The Morgan fingerprint density at radius 2 is 2.37 bits per heavy atom. The van der Waals surface area contributed by atoms with E-state index in [1.165, 1.54) is 6.20 Å². The van der Waals surface area contributed by atoms with Crippen molar-refractivity contribution in [1.82, 2.24) is 14.9 Å². The SMILES string of the molecule is CC(C)CN1CCO[C@H](CNc2cncc(Cl)n2)C1. The minimum absolute atomic E-state index is 0.188. The van der Waals surface area contributed by atoms with Crippen LogP contribution >= 0.6 is 11.6 Å². The summed E-state index contributed by atoms with van der Waals surface area (Å²) in [6.07, 6.45) is 3.38. The first-order chi connectivity index (χ1) is 9.13. The first-order valence-electron chi connectivity index (χ1n) is 6.69. The second kappa shape index (κ2) is 7.03. The molecule has 2 rings (SSSR count). The molecule has 1 saturated heterocycles. The Kier molecular flexibility index (Phi) is 5.36. The molecule has 0 radical (unpaired) electrons. The fourth-order valence-electron chi connectivity index (χ4n) is 2.23. The monoisotopic (exact) mass is 284 g/mol. The lowest BCUT2D eigenvalue weighted by Gasteiger charge is -2.34. The standard InChI is InChI=1S/C13H21ClN4O/c1-10(2)8-18-3-4-19-11(9-18)5-16-13-7-15-6-12(14)17-13/h6-7,10-11H,3-5,8-9H2,1-2H3,(H,16,17)/t11-/m1/s1. The zero-order valence-electron chi connectivity index (χ0n) is 11.5. The van der Waals surface area contributed by atoms with Crippen LogP contribution in [0.2, 0.25) is 5.15 Å². The molecule has 0 bridgehead atoms. The fourth-order valence-corrected chi connectivity index (χ4v) is 2.38. The van der Waals surface area contributed by atoms with E-state index in [4.69, 9.17) is 16.3 Å². The molecule has 1 aromatic rings. The van der Waals surface area contributed by atoms with E-state index in [9.17, 15) is 0 Å². The molecule has 0 aliphatic carbocycles. The molecule has 1 aliphatic heterocycles. The third-order valence-corrected chi connectivity index (χ3v) is 3.14. The van der Waals surface area contributed by atoms with Gasteiger partial charge < -0.3 is 10.1 Å². The number of morpholine rings is 1. The Balaban J connectivity index is 1.79. The Morgan fingerprint density at radius 1 is 1.53 bits per heavy atom. The van der Waals surface area contributed by atoms with Crippen molar-refractivity contribution in [2.75, 3.05) is 38.1 Å². The third kappa shape index (κ3) is 4.93. The van der Waals surface area contributed by atoms with Crippen molar-refractivity contribution in [2.24, 2.45) is 5.92 Å². The van der Waals surface area contributed by atoms with Gasteiger partial charge in [0.05, 0.1) is 25.1 Å². The zero-order valence-corrected chi connectivity index (χ0v) is 12.2. The first-order valence-corrected chi connectivity index (χ1v) is 7.06. The van der Waals surface area contributed by atoms with Gasteiger partial charge in [0.1, 0.15) is 11.0 Å². The van der Waals surface area contributed by atoms with Crippen LogP contribution in [-0.4, -0.2) is 53.8 Å². The summed E-state index contributed by atoms with van der Waals surface area (Å²) < 4.78 is 5.76. The molecular weight excluding hydrogens is 264 g/mol. The number of hydrogen-bond acceptors (Lipinski definition) is 5. The highest BCUT2D eigenvalue weighted by Crippen LogP contribution is 2.10. The molecule has 106 valence electrons. The van der Waals surface area contributed by atoms with Crippen molar-refractivity contribution in [3.05, 3.63) is 17.5 Å². The number of aromatic nitrogens is 2. The van der Waals surface area contributed by atoms with Crippen LogP contribution in [0.25, 0.3) is 0 Å². The lowest BCUT2D eigenvalue weighted by Crippen LogP contribution is -2.46. The molecule has 1 fully saturated rings. The predicted molar refractivity (Wildman–Crippen MR) is 76.5 cm³/mol. The molecule has 1 aliphatic rings. The van der Waals surface area contributed by atoms with Gasteiger partial charge in [-0.1, -0.05) is 25.4 Å². The number of halogens is 1. The van der Waals surface area contributed by atoms with E-state index in [1.807, 2.05) is 0 Å². The largest absolute Gasteiger partial charge is 0.374 e. The molecule has 2 heterocycles. The Labute approximate surface area is 119 Å². The number of anilines is 1. The van der Waals surface area contributed by atoms with E-state index in [0.29, 0.717) is 16.9 Å². The summed E-state index contributed by atoms with van der Waals surface area (Å²) in [5, 5.41) is 3.62. The van der Waals surface area contributed by atoms with Gasteiger partial charge in [-0.2, -0.15) is 0 Å². The van der Waals surface area contributed by atoms with Crippen LogP contribution < -0.4 is 5.32 Å². The van der Waals surface area contributed by atoms with Crippen LogP contribution in [0, 0.1) is 5.92 Å². The van der Waals surface area contributed by atoms with Gasteiger partial charge in [0, 0.05) is 26.2 Å². The summed E-state index contributed by atoms with van der Waals surface area (Å²) in [7, 11) is 0. The molecule has 1 atom stereocenters. The molecule has 19 heavy (non-hydrogen) atoms. The van der Waals surface area contributed by atoms with Crippen LogP contribution in [0.1, 0.15) is 13.8 Å². The highest BCUT2D eigenvalue weighted by Gasteiger charge is 2.20. The van der Waals surface area contributed by atoms with E-state index in [0.717, 1.165) is 32.8 Å². The fraction of sp³-hybridized carbons (Fsp3) is 0.692. The number of nitrogens with zero attached hydrogens (tertiary/aromatic N) is 3. The minimum Gasteiger partial charge on any atom is -0.374 e. The molecule has 0 aromatic carbocycles. The third-order valence-electron chi connectivity index (χ3n) is 2.96.